The molecule has 0 atom stereocenters. The molecule has 3 aromatic heterocycles. The lowest BCUT2D eigenvalue weighted by Crippen LogP contribution is -2.26. The molecule has 7 nitrogen and oxygen atoms in total. The average molecular weight is 417 g/mol. The number of aryl methyl sites for hydroxylation is 1. The molecular formula is C24H28N6O. The normalized spacial score (nSPS) is 18.9. The van der Waals surface area contributed by atoms with E-state index < -0.39 is 0 Å². The van der Waals surface area contributed by atoms with Gasteiger partial charge in [0, 0.05) is 43.0 Å². The molecule has 160 valence electrons. The molecule has 7 heteroatoms. The van der Waals surface area contributed by atoms with Crippen molar-refractivity contribution in [3.05, 3.63) is 55.0 Å². The van der Waals surface area contributed by atoms with Crippen molar-refractivity contribution in [1.82, 2.24) is 24.5 Å². The van der Waals surface area contributed by atoms with Crippen LogP contribution < -0.4 is 10.1 Å². The lowest BCUT2D eigenvalue weighted by Gasteiger charge is -2.29. The fraction of sp³-hybridized carbons (Fsp3) is 0.375. The van der Waals surface area contributed by atoms with E-state index in [-0.39, 0.29) is 6.10 Å². The summed E-state index contributed by atoms with van der Waals surface area (Å²) in [4.78, 5) is 4.60. The van der Waals surface area contributed by atoms with E-state index in [2.05, 4.69) is 33.1 Å². The number of pyridine rings is 1. The van der Waals surface area contributed by atoms with Crippen LogP contribution in [0.1, 0.15) is 38.6 Å². The Hall–Kier alpha value is -3.35. The third kappa shape index (κ3) is 4.00. The summed E-state index contributed by atoms with van der Waals surface area (Å²) in [5.41, 5.74) is 3.09. The maximum atomic E-state index is 6.19. The zero-order chi connectivity index (χ0) is 21.2. The summed E-state index contributed by atoms with van der Waals surface area (Å²) in [6, 6.07) is 12.6. The highest BCUT2D eigenvalue weighted by Crippen LogP contribution is 2.36. The van der Waals surface area contributed by atoms with E-state index in [1.54, 1.807) is 0 Å². The Balaban J connectivity index is 1.43. The Morgan fingerprint density at radius 3 is 2.61 bits per heavy atom. The minimum atomic E-state index is 0.261. The first-order chi connectivity index (χ1) is 15.2. The Morgan fingerprint density at radius 1 is 1.10 bits per heavy atom. The van der Waals surface area contributed by atoms with Gasteiger partial charge >= 0.3 is 0 Å². The Kier molecular flexibility index (Phi) is 5.32. The molecule has 1 saturated carbocycles. The fourth-order valence-corrected chi connectivity index (χ4v) is 4.44. The molecule has 0 amide bonds. The smallest absolute Gasteiger partial charge is 0.128 e. The number of benzene rings is 1. The van der Waals surface area contributed by atoms with Crippen molar-refractivity contribution in [2.24, 2.45) is 7.05 Å². The van der Waals surface area contributed by atoms with Crippen LogP contribution in [0.15, 0.2) is 55.0 Å². The number of hydrogen-bond donors (Lipinski definition) is 1. The van der Waals surface area contributed by atoms with Crippen molar-refractivity contribution in [3.63, 3.8) is 0 Å². The van der Waals surface area contributed by atoms with Gasteiger partial charge in [0.15, 0.2) is 0 Å². The first kappa shape index (κ1) is 19.6. The molecule has 1 aliphatic carbocycles. The van der Waals surface area contributed by atoms with E-state index in [0.717, 1.165) is 66.0 Å². The number of ether oxygens (including phenoxy) is 1. The van der Waals surface area contributed by atoms with E-state index in [0.29, 0.717) is 6.04 Å². The second kappa shape index (κ2) is 8.41. The summed E-state index contributed by atoms with van der Waals surface area (Å²) in [6.45, 7) is 2.92. The Labute approximate surface area is 182 Å². The van der Waals surface area contributed by atoms with Gasteiger partial charge in [-0.1, -0.05) is 18.2 Å². The van der Waals surface area contributed by atoms with Crippen molar-refractivity contribution in [2.45, 2.75) is 44.8 Å². The number of rotatable bonds is 6. The predicted octanol–water partition coefficient (Wildman–Crippen LogP) is 4.83. The maximum Gasteiger partial charge on any atom is 0.128 e. The van der Waals surface area contributed by atoms with Gasteiger partial charge in [-0.3, -0.25) is 9.36 Å². The van der Waals surface area contributed by atoms with Crippen LogP contribution >= 0.6 is 0 Å². The van der Waals surface area contributed by atoms with Crippen LogP contribution in [-0.2, 0) is 7.05 Å². The van der Waals surface area contributed by atoms with Crippen molar-refractivity contribution in [2.75, 3.05) is 11.9 Å². The first-order valence-electron chi connectivity index (χ1n) is 11.0. The number of nitrogens with one attached hydrogen (secondary N) is 1. The number of aromatic nitrogens is 5. The molecule has 5 rings (SSSR count). The molecule has 0 aliphatic heterocycles. The highest BCUT2D eigenvalue weighted by atomic mass is 16.5. The monoisotopic (exact) mass is 416 g/mol. The predicted molar refractivity (Wildman–Crippen MR) is 122 cm³/mol. The number of hydrogen-bond acceptors (Lipinski definition) is 5. The molecule has 1 aromatic carbocycles. The van der Waals surface area contributed by atoms with Crippen LogP contribution in [0.3, 0.4) is 0 Å². The standard InChI is InChI=1S/C24H28N6O/c1-3-25-23-13-22-21(15-26-23)24(17-14-27-29(2)16-17)28-30(22)18-9-11-20(12-10-18)31-19-7-5-4-6-8-19/h4-8,13-16,18,20H,3,9-12H2,1-2H3,(H,25,26)/t18-,20-. The first-order valence-corrected chi connectivity index (χ1v) is 11.0. The van der Waals surface area contributed by atoms with Crippen molar-refractivity contribution in [3.8, 4) is 17.0 Å². The molecule has 31 heavy (non-hydrogen) atoms. The lowest BCUT2D eigenvalue weighted by atomic mass is 9.93. The molecule has 1 aliphatic rings. The zero-order valence-electron chi connectivity index (χ0n) is 18.0. The van der Waals surface area contributed by atoms with E-state index in [4.69, 9.17) is 9.84 Å². The topological polar surface area (TPSA) is 69.8 Å². The maximum absolute atomic E-state index is 6.19. The van der Waals surface area contributed by atoms with Gasteiger partial charge in [-0.25, -0.2) is 4.98 Å². The molecule has 1 fully saturated rings. The molecule has 0 saturated heterocycles. The van der Waals surface area contributed by atoms with E-state index in [1.165, 1.54) is 0 Å². The summed E-state index contributed by atoms with van der Waals surface area (Å²) in [5, 5.41) is 13.8. The van der Waals surface area contributed by atoms with Gasteiger partial charge in [-0.05, 0) is 44.7 Å². The highest BCUT2D eigenvalue weighted by molar-refractivity contribution is 5.93. The number of anilines is 1. The molecular weight excluding hydrogens is 388 g/mol. The molecule has 0 bridgehead atoms. The SMILES string of the molecule is CCNc1cc2c(cn1)c(-c1cnn(C)c1)nn2[C@H]1CC[C@H](Oc2ccccc2)CC1. The van der Waals surface area contributed by atoms with Gasteiger partial charge in [0.05, 0.1) is 23.9 Å². The van der Waals surface area contributed by atoms with Crippen LogP contribution in [-0.4, -0.2) is 37.2 Å². The minimum absolute atomic E-state index is 0.261. The van der Waals surface area contributed by atoms with Gasteiger partial charge in [-0.15, -0.1) is 0 Å². The van der Waals surface area contributed by atoms with E-state index in [1.807, 2.05) is 60.7 Å². The van der Waals surface area contributed by atoms with Crippen molar-refractivity contribution in [1.29, 1.82) is 0 Å². The number of para-hydroxylation sites is 1. The third-order valence-corrected chi connectivity index (χ3v) is 5.96. The van der Waals surface area contributed by atoms with Gasteiger partial charge in [0.2, 0.25) is 0 Å². The second-order valence-corrected chi connectivity index (χ2v) is 8.17. The quantitative estimate of drug-likeness (QED) is 0.488. The summed E-state index contributed by atoms with van der Waals surface area (Å²) in [6.07, 6.45) is 10.2. The summed E-state index contributed by atoms with van der Waals surface area (Å²) in [5.74, 6) is 1.84. The second-order valence-electron chi connectivity index (χ2n) is 8.17. The van der Waals surface area contributed by atoms with E-state index >= 15 is 0 Å². The fourth-order valence-electron chi connectivity index (χ4n) is 4.44. The van der Waals surface area contributed by atoms with Crippen molar-refractivity contribution >= 4 is 16.7 Å². The molecule has 3 heterocycles. The summed E-state index contributed by atoms with van der Waals surface area (Å²) < 4.78 is 10.2. The van der Waals surface area contributed by atoms with Crippen LogP contribution in [0.2, 0.25) is 0 Å². The van der Waals surface area contributed by atoms with Crippen LogP contribution in [0, 0.1) is 0 Å². The summed E-state index contributed by atoms with van der Waals surface area (Å²) >= 11 is 0. The Morgan fingerprint density at radius 2 is 1.90 bits per heavy atom. The summed E-state index contributed by atoms with van der Waals surface area (Å²) in [7, 11) is 1.93. The van der Waals surface area contributed by atoms with E-state index in [9.17, 15) is 0 Å². The van der Waals surface area contributed by atoms with Gasteiger partial charge < -0.3 is 10.1 Å². The number of nitrogens with zero attached hydrogens (tertiary/aromatic N) is 5. The molecule has 1 N–H and O–H groups in total. The van der Waals surface area contributed by atoms with Crippen molar-refractivity contribution < 1.29 is 4.74 Å². The lowest BCUT2D eigenvalue weighted by molar-refractivity contribution is 0.131. The van der Waals surface area contributed by atoms with Crippen LogP contribution in [0.5, 0.6) is 5.75 Å². The van der Waals surface area contributed by atoms with Crippen LogP contribution in [0.4, 0.5) is 5.82 Å². The third-order valence-electron chi connectivity index (χ3n) is 5.96. The van der Waals surface area contributed by atoms with Gasteiger partial charge in [0.1, 0.15) is 17.3 Å². The molecule has 0 radical (unpaired) electrons. The van der Waals surface area contributed by atoms with Gasteiger partial charge in [-0.2, -0.15) is 10.2 Å². The van der Waals surface area contributed by atoms with Gasteiger partial charge in [0.25, 0.3) is 0 Å². The molecule has 0 unspecified atom stereocenters. The average Bonchev–Trinajstić information content (AvgIpc) is 3.39. The van der Waals surface area contributed by atoms with Crippen LogP contribution in [0.25, 0.3) is 22.2 Å². The minimum Gasteiger partial charge on any atom is -0.490 e. The number of fused-ring (bicyclic) bond motifs is 1. The molecule has 0 spiro atoms. The molecule has 4 aromatic rings. The Bertz CT molecular complexity index is 1160. The highest BCUT2D eigenvalue weighted by Gasteiger charge is 2.27. The largest absolute Gasteiger partial charge is 0.490 e. The zero-order valence-corrected chi connectivity index (χ0v) is 18.0.